The quantitative estimate of drug-likeness (QED) is 0.623. The summed E-state index contributed by atoms with van der Waals surface area (Å²) in [5.41, 5.74) is 1.68. The van der Waals surface area contributed by atoms with Crippen molar-refractivity contribution in [1.29, 1.82) is 0 Å². The molecule has 1 saturated carbocycles. The van der Waals surface area contributed by atoms with Crippen molar-refractivity contribution in [3.8, 4) is 5.75 Å². The van der Waals surface area contributed by atoms with Crippen LogP contribution in [-0.4, -0.2) is 27.2 Å². The first-order valence-corrected chi connectivity index (χ1v) is 8.65. The van der Waals surface area contributed by atoms with E-state index >= 15 is 0 Å². The van der Waals surface area contributed by atoms with Crippen LogP contribution in [0.25, 0.3) is 0 Å². The SMILES string of the molecule is COc1ccc(S(=O)C(C)(CC(=O)NO)C2CCCC2)cc1. The molecule has 0 radical (unpaired) electrons. The van der Waals surface area contributed by atoms with Gasteiger partial charge in [0.05, 0.1) is 22.7 Å². The van der Waals surface area contributed by atoms with E-state index in [2.05, 4.69) is 0 Å². The van der Waals surface area contributed by atoms with Crippen LogP contribution in [0.5, 0.6) is 5.75 Å². The van der Waals surface area contributed by atoms with Crippen molar-refractivity contribution in [2.24, 2.45) is 5.92 Å². The first-order valence-electron chi connectivity index (χ1n) is 7.50. The van der Waals surface area contributed by atoms with Crippen LogP contribution in [0.15, 0.2) is 29.2 Å². The molecule has 0 bridgehead atoms. The van der Waals surface area contributed by atoms with Crippen LogP contribution in [-0.2, 0) is 15.6 Å². The zero-order valence-corrected chi connectivity index (χ0v) is 13.8. The van der Waals surface area contributed by atoms with Crippen molar-refractivity contribution < 1.29 is 18.9 Å². The van der Waals surface area contributed by atoms with E-state index in [0.29, 0.717) is 10.6 Å². The van der Waals surface area contributed by atoms with Gasteiger partial charge < -0.3 is 4.74 Å². The second-order valence-corrected chi connectivity index (χ2v) is 7.89. The van der Waals surface area contributed by atoms with Gasteiger partial charge in [0.25, 0.3) is 0 Å². The van der Waals surface area contributed by atoms with Crippen LogP contribution in [0.4, 0.5) is 0 Å². The summed E-state index contributed by atoms with van der Waals surface area (Å²) in [4.78, 5) is 12.4. The number of ether oxygens (including phenoxy) is 1. The molecule has 0 saturated heterocycles. The number of hydrogen-bond donors (Lipinski definition) is 2. The highest BCUT2D eigenvalue weighted by Crippen LogP contribution is 2.42. The Balaban J connectivity index is 2.29. The fourth-order valence-corrected chi connectivity index (χ4v) is 4.95. The molecule has 1 fully saturated rings. The van der Waals surface area contributed by atoms with Gasteiger partial charge in [-0.2, -0.15) is 0 Å². The Morgan fingerprint density at radius 1 is 1.36 bits per heavy atom. The molecule has 1 aromatic rings. The molecule has 2 N–H and O–H groups in total. The molecule has 5 nitrogen and oxygen atoms in total. The molecule has 1 aliphatic rings. The van der Waals surface area contributed by atoms with Gasteiger partial charge in [0, 0.05) is 11.3 Å². The highest BCUT2D eigenvalue weighted by Gasteiger charge is 2.43. The summed E-state index contributed by atoms with van der Waals surface area (Å²) in [6, 6.07) is 7.10. The summed E-state index contributed by atoms with van der Waals surface area (Å²) in [6.45, 7) is 1.89. The van der Waals surface area contributed by atoms with Gasteiger partial charge in [-0.1, -0.05) is 12.8 Å². The van der Waals surface area contributed by atoms with Crippen LogP contribution >= 0.6 is 0 Å². The number of benzene rings is 1. The van der Waals surface area contributed by atoms with E-state index in [9.17, 15) is 9.00 Å². The van der Waals surface area contributed by atoms with Crippen molar-refractivity contribution in [1.82, 2.24) is 5.48 Å². The monoisotopic (exact) mass is 325 g/mol. The minimum Gasteiger partial charge on any atom is -0.497 e. The van der Waals surface area contributed by atoms with Gasteiger partial charge in [0.1, 0.15) is 5.75 Å². The minimum atomic E-state index is -1.34. The lowest BCUT2D eigenvalue weighted by molar-refractivity contribution is -0.130. The molecule has 0 spiro atoms. The predicted molar refractivity (Wildman–Crippen MR) is 84.3 cm³/mol. The maximum absolute atomic E-state index is 13.1. The van der Waals surface area contributed by atoms with E-state index in [4.69, 9.17) is 9.94 Å². The number of hydroxylamine groups is 1. The normalized spacial score (nSPS) is 19.4. The van der Waals surface area contributed by atoms with Gasteiger partial charge in [-0.25, -0.2) is 5.48 Å². The summed E-state index contributed by atoms with van der Waals surface area (Å²) in [6.07, 6.45) is 4.18. The van der Waals surface area contributed by atoms with Gasteiger partial charge in [0.2, 0.25) is 5.91 Å². The van der Waals surface area contributed by atoms with Crippen molar-refractivity contribution in [2.75, 3.05) is 7.11 Å². The maximum atomic E-state index is 13.1. The lowest BCUT2D eigenvalue weighted by atomic mass is 9.88. The van der Waals surface area contributed by atoms with E-state index in [1.807, 2.05) is 6.92 Å². The molecular weight excluding hydrogens is 302 g/mol. The second kappa shape index (κ2) is 7.24. The average molecular weight is 325 g/mol. The molecule has 1 amide bonds. The van der Waals surface area contributed by atoms with Gasteiger partial charge in [0.15, 0.2) is 0 Å². The van der Waals surface area contributed by atoms with Crippen molar-refractivity contribution >= 4 is 16.7 Å². The molecule has 2 atom stereocenters. The van der Waals surface area contributed by atoms with Crippen LogP contribution in [0, 0.1) is 5.92 Å². The summed E-state index contributed by atoms with van der Waals surface area (Å²) in [5.74, 6) is 0.431. The first kappa shape index (κ1) is 17.0. The Morgan fingerprint density at radius 2 is 1.95 bits per heavy atom. The third-order valence-corrected chi connectivity index (χ3v) is 6.58. The summed E-state index contributed by atoms with van der Waals surface area (Å²) in [7, 11) is 0.247. The molecule has 2 unspecified atom stereocenters. The van der Waals surface area contributed by atoms with Crippen molar-refractivity contribution in [2.45, 2.75) is 48.7 Å². The number of hydrogen-bond acceptors (Lipinski definition) is 4. The van der Waals surface area contributed by atoms with Crippen molar-refractivity contribution in [3.63, 3.8) is 0 Å². The highest BCUT2D eigenvalue weighted by atomic mass is 32.2. The lowest BCUT2D eigenvalue weighted by Gasteiger charge is -2.34. The number of amides is 1. The molecule has 2 rings (SSSR count). The molecule has 1 aromatic carbocycles. The molecule has 122 valence electrons. The van der Waals surface area contributed by atoms with Gasteiger partial charge in [-0.15, -0.1) is 0 Å². The lowest BCUT2D eigenvalue weighted by Crippen LogP contribution is -2.42. The number of methoxy groups -OCH3 is 1. The fourth-order valence-electron chi connectivity index (χ4n) is 3.22. The Hall–Kier alpha value is -1.40. The Bertz CT molecular complexity index is 540. The topological polar surface area (TPSA) is 75.6 Å². The molecule has 0 heterocycles. The zero-order chi connectivity index (χ0) is 16.2. The molecule has 1 aliphatic carbocycles. The van der Waals surface area contributed by atoms with Crippen molar-refractivity contribution in [3.05, 3.63) is 24.3 Å². The summed E-state index contributed by atoms with van der Waals surface area (Å²) >= 11 is 0. The Kier molecular flexibility index (Phi) is 5.58. The Labute approximate surface area is 133 Å². The highest BCUT2D eigenvalue weighted by molar-refractivity contribution is 7.86. The molecular formula is C16H23NO4S. The predicted octanol–water partition coefficient (Wildman–Crippen LogP) is 2.65. The van der Waals surface area contributed by atoms with Crippen LogP contribution in [0.2, 0.25) is 0 Å². The third kappa shape index (κ3) is 3.50. The molecule has 0 aromatic heterocycles. The molecule has 22 heavy (non-hydrogen) atoms. The van der Waals surface area contributed by atoms with Crippen LogP contribution in [0.1, 0.15) is 39.0 Å². The molecule has 0 aliphatic heterocycles. The first-order chi connectivity index (χ1) is 10.5. The van der Waals surface area contributed by atoms with Crippen LogP contribution < -0.4 is 10.2 Å². The van der Waals surface area contributed by atoms with E-state index in [1.54, 1.807) is 36.9 Å². The van der Waals surface area contributed by atoms with E-state index in [0.717, 1.165) is 25.7 Å². The number of carbonyl (C=O) groups is 1. The van der Waals surface area contributed by atoms with Gasteiger partial charge >= 0.3 is 0 Å². The number of rotatable bonds is 6. The van der Waals surface area contributed by atoms with Gasteiger partial charge in [-0.05, 0) is 49.9 Å². The van der Waals surface area contributed by atoms with E-state index < -0.39 is 21.5 Å². The van der Waals surface area contributed by atoms with E-state index in [-0.39, 0.29) is 12.3 Å². The molecule has 6 heteroatoms. The standard InChI is InChI=1S/C16H23NO4S/c1-16(11-15(18)17-19,12-5-3-4-6-12)22(20)14-9-7-13(21-2)8-10-14/h7-10,12,19H,3-6,11H2,1-2H3,(H,17,18). The van der Waals surface area contributed by atoms with Crippen LogP contribution in [0.3, 0.4) is 0 Å². The largest absolute Gasteiger partial charge is 0.497 e. The minimum absolute atomic E-state index is 0.0484. The Morgan fingerprint density at radius 3 is 2.45 bits per heavy atom. The number of nitrogens with one attached hydrogen (secondary N) is 1. The smallest absolute Gasteiger partial charge is 0.244 e. The van der Waals surface area contributed by atoms with Gasteiger partial charge in [-0.3, -0.25) is 14.2 Å². The number of carbonyl (C=O) groups excluding carboxylic acids is 1. The summed E-state index contributed by atoms with van der Waals surface area (Å²) < 4.78 is 17.6. The zero-order valence-electron chi connectivity index (χ0n) is 13.0. The summed E-state index contributed by atoms with van der Waals surface area (Å²) in [5, 5.41) is 8.85. The second-order valence-electron chi connectivity index (χ2n) is 5.95. The fraction of sp³-hybridized carbons (Fsp3) is 0.562. The average Bonchev–Trinajstić information content (AvgIpc) is 3.09. The maximum Gasteiger partial charge on any atom is 0.244 e. The third-order valence-electron chi connectivity index (χ3n) is 4.55. The van der Waals surface area contributed by atoms with E-state index in [1.165, 1.54) is 0 Å².